The third-order valence-corrected chi connectivity index (χ3v) is 5.80. The average Bonchev–Trinajstić information content (AvgIpc) is 2.74. The zero-order valence-corrected chi connectivity index (χ0v) is 17.8. The van der Waals surface area contributed by atoms with Crippen LogP contribution >= 0.6 is 7.75 Å². The zero-order chi connectivity index (χ0) is 22.0. The molecule has 2 aromatic carbocycles. The third-order valence-electron chi connectivity index (χ3n) is 4.35. The Morgan fingerprint density at radius 2 is 1.63 bits per heavy atom. The van der Waals surface area contributed by atoms with Crippen molar-refractivity contribution in [3.63, 3.8) is 0 Å². The fraction of sp³-hybridized carbons (Fsp3) is 0.350. The normalized spacial score (nSPS) is 14.0. The van der Waals surface area contributed by atoms with Crippen LogP contribution in [0.3, 0.4) is 0 Å². The Bertz CT molecular complexity index is 827. The quantitative estimate of drug-likeness (QED) is 0.262. The van der Waals surface area contributed by atoms with E-state index in [-0.39, 0.29) is 36.3 Å². The van der Waals surface area contributed by atoms with Gasteiger partial charge in [-0.2, -0.15) is 10.3 Å². The molecule has 0 radical (unpaired) electrons. The van der Waals surface area contributed by atoms with Crippen LogP contribution in [0.25, 0.3) is 0 Å². The third kappa shape index (κ3) is 7.78. The highest BCUT2D eigenvalue weighted by Crippen LogP contribution is 2.44. The van der Waals surface area contributed by atoms with Crippen LogP contribution in [0.15, 0.2) is 54.6 Å². The number of carbonyl (C=O) groups excluding carboxylic acids is 1. The topological polar surface area (TPSA) is 122 Å². The van der Waals surface area contributed by atoms with Crippen LogP contribution in [0.4, 0.5) is 5.69 Å². The Balaban J connectivity index is 2.07. The van der Waals surface area contributed by atoms with Gasteiger partial charge < -0.3 is 19.0 Å². The van der Waals surface area contributed by atoms with Gasteiger partial charge in [-0.25, -0.2) is 9.77 Å². The highest BCUT2D eigenvalue weighted by Gasteiger charge is 2.30. The Hall–Kier alpha value is -2.42. The highest BCUT2D eigenvalue weighted by molar-refractivity contribution is 7.52. The first kappa shape index (κ1) is 23.9. The summed E-state index contributed by atoms with van der Waals surface area (Å²) in [6.45, 7) is 3.95. The van der Waals surface area contributed by atoms with Crippen LogP contribution in [-0.2, 0) is 14.1 Å². The molecular formula is C20H27N2O7P. The van der Waals surface area contributed by atoms with Gasteiger partial charge in [-0.1, -0.05) is 44.9 Å². The molecule has 10 heteroatoms. The first-order valence-electron chi connectivity index (χ1n) is 9.63. The van der Waals surface area contributed by atoms with Gasteiger partial charge in [0, 0.05) is 12.1 Å². The van der Waals surface area contributed by atoms with Crippen molar-refractivity contribution in [2.75, 3.05) is 13.2 Å². The monoisotopic (exact) mass is 438 g/mol. The molecule has 2 atom stereocenters. The molecule has 0 aromatic heterocycles. The smallest absolute Gasteiger partial charge is 0.513 e. The minimum absolute atomic E-state index is 0.0547. The summed E-state index contributed by atoms with van der Waals surface area (Å²) < 4.78 is 29.5. The molecule has 2 aromatic rings. The van der Waals surface area contributed by atoms with Gasteiger partial charge in [0.15, 0.2) is 5.69 Å². The molecule has 30 heavy (non-hydrogen) atoms. The zero-order valence-electron chi connectivity index (χ0n) is 16.9. The van der Waals surface area contributed by atoms with E-state index in [9.17, 15) is 14.6 Å². The van der Waals surface area contributed by atoms with E-state index in [2.05, 4.69) is 5.09 Å². The second-order valence-corrected chi connectivity index (χ2v) is 8.20. The lowest BCUT2D eigenvalue weighted by Crippen LogP contribution is -2.99. The predicted molar refractivity (Wildman–Crippen MR) is 111 cm³/mol. The molecule has 0 spiro atoms. The SMILES string of the molecule is CCC(CC)COC(=O)CN[P@](=O)(Oc1ccccc1)Oc1ccc([NH+]([O-])O)cc1. The van der Waals surface area contributed by atoms with Gasteiger partial charge in [-0.3, -0.25) is 4.79 Å². The number of rotatable bonds is 12. The Kier molecular flexibility index (Phi) is 9.29. The second-order valence-electron chi connectivity index (χ2n) is 6.52. The number of esters is 1. The Labute approximate surface area is 175 Å². The molecular weight excluding hydrogens is 411 g/mol. The fourth-order valence-corrected chi connectivity index (χ4v) is 3.74. The summed E-state index contributed by atoms with van der Waals surface area (Å²) in [5, 5.41) is 21.4. The second kappa shape index (κ2) is 11.7. The summed E-state index contributed by atoms with van der Waals surface area (Å²) in [4.78, 5) is 12.1. The van der Waals surface area contributed by atoms with Gasteiger partial charge in [0.25, 0.3) is 0 Å². The van der Waals surface area contributed by atoms with Crippen LogP contribution < -0.4 is 19.4 Å². The van der Waals surface area contributed by atoms with Gasteiger partial charge in [-0.15, -0.1) is 0 Å². The number of benzene rings is 2. The number of hydrogen-bond donors (Lipinski definition) is 3. The van der Waals surface area contributed by atoms with E-state index in [0.29, 0.717) is 0 Å². The van der Waals surface area contributed by atoms with Gasteiger partial charge in [0.05, 0.1) is 6.61 Å². The molecule has 0 aliphatic rings. The van der Waals surface area contributed by atoms with E-state index in [1.165, 1.54) is 24.3 Å². The van der Waals surface area contributed by atoms with Crippen molar-refractivity contribution in [2.24, 2.45) is 5.92 Å². The van der Waals surface area contributed by atoms with Crippen LogP contribution in [-0.4, -0.2) is 24.3 Å². The van der Waals surface area contributed by atoms with Crippen molar-refractivity contribution < 1.29 is 33.6 Å². The number of para-hydroxylation sites is 1. The molecule has 0 saturated carbocycles. The summed E-state index contributed by atoms with van der Waals surface area (Å²) in [6, 6.07) is 13.7. The fourth-order valence-electron chi connectivity index (χ4n) is 2.45. The molecule has 0 fully saturated rings. The van der Waals surface area contributed by atoms with Gasteiger partial charge in [0.2, 0.25) is 0 Å². The lowest BCUT2D eigenvalue weighted by atomic mass is 10.1. The van der Waals surface area contributed by atoms with Crippen molar-refractivity contribution in [3.8, 4) is 11.5 Å². The van der Waals surface area contributed by atoms with Crippen LogP contribution in [0.2, 0.25) is 0 Å². The van der Waals surface area contributed by atoms with E-state index in [4.69, 9.17) is 19.0 Å². The molecule has 1 unspecified atom stereocenters. The molecule has 0 amide bonds. The molecule has 164 valence electrons. The molecule has 0 aliphatic carbocycles. The molecule has 0 aliphatic heterocycles. The molecule has 9 nitrogen and oxygen atoms in total. The maximum atomic E-state index is 13.2. The minimum atomic E-state index is -4.02. The van der Waals surface area contributed by atoms with Gasteiger partial charge in [-0.05, 0) is 30.2 Å². The maximum Gasteiger partial charge on any atom is 0.513 e. The van der Waals surface area contributed by atoms with Crippen molar-refractivity contribution in [3.05, 3.63) is 59.8 Å². The first-order chi connectivity index (χ1) is 14.3. The Morgan fingerprint density at radius 3 is 2.17 bits per heavy atom. The maximum absolute atomic E-state index is 13.2. The summed E-state index contributed by atoms with van der Waals surface area (Å²) in [5.74, 6) is 0.0898. The largest absolute Gasteiger partial charge is 0.595 e. The molecule has 3 N–H and O–H groups in total. The lowest BCUT2D eigenvalue weighted by molar-refractivity contribution is -0.991. The molecule has 2 rings (SSSR count). The number of quaternary nitrogens is 1. The van der Waals surface area contributed by atoms with E-state index in [1.54, 1.807) is 30.3 Å². The van der Waals surface area contributed by atoms with E-state index >= 15 is 0 Å². The lowest BCUT2D eigenvalue weighted by Gasteiger charge is -2.21. The summed E-state index contributed by atoms with van der Waals surface area (Å²) >= 11 is 0. The predicted octanol–water partition coefficient (Wildman–Crippen LogP) is 3.22. The molecule has 0 saturated heterocycles. The van der Waals surface area contributed by atoms with Crippen molar-refractivity contribution in [1.82, 2.24) is 5.09 Å². The van der Waals surface area contributed by atoms with E-state index in [0.717, 1.165) is 12.8 Å². The number of nitrogens with one attached hydrogen (secondary N) is 2. The number of ether oxygens (including phenoxy) is 1. The van der Waals surface area contributed by atoms with Crippen molar-refractivity contribution in [2.45, 2.75) is 26.7 Å². The molecule has 0 heterocycles. The van der Waals surface area contributed by atoms with Gasteiger partial charge in [0.1, 0.15) is 18.0 Å². The van der Waals surface area contributed by atoms with E-state index < -0.39 is 18.9 Å². The summed E-state index contributed by atoms with van der Waals surface area (Å²) in [7, 11) is -4.02. The standard InChI is InChI=1S/C20H27N2O7P/c1-3-16(4-2)15-27-20(23)14-21-30(26,28-18-8-6-5-7-9-18)29-19-12-10-17(11-13-19)22(24)25/h5-13,16,22,24H,3-4,14-15H2,1-2H3,(H,21,26)/t30-/m0/s1. The average molecular weight is 438 g/mol. The minimum Gasteiger partial charge on any atom is -0.595 e. The number of hydrogen-bond acceptors (Lipinski definition) is 7. The van der Waals surface area contributed by atoms with E-state index in [1.807, 2.05) is 13.8 Å². The Morgan fingerprint density at radius 1 is 1.07 bits per heavy atom. The first-order valence-corrected chi connectivity index (χ1v) is 11.2. The summed E-state index contributed by atoms with van der Waals surface area (Å²) in [5.41, 5.74) is 0.0547. The van der Waals surface area contributed by atoms with Crippen LogP contribution in [0.1, 0.15) is 26.7 Å². The summed E-state index contributed by atoms with van der Waals surface area (Å²) in [6.07, 6.45) is 1.78. The van der Waals surface area contributed by atoms with Crippen LogP contribution in [0, 0.1) is 11.1 Å². The highest BCUT2D eigenvalue weighted by atomic mass is 31.2. The number of carbonyl (C=O) groups is 1. The van der Waals surface area contributed by atoms with Crippen molar-refractivity contribution in [1.29, 1.82) is 0 Å². The van der Waals surface area contributed by atoms with Gasteiger partial charge >= 0.3 is 13.7 Å². The van der Waals surface area contributed by atoms with Crippen molar-refractivity contribution >= 4 is 19.4 Å². The van der Waals surface area contributed by atoms with Crippen LogP contribution in [0.5, 0.6) is 11.5 Å². The molecule has 0 bridgehead atoms.